The van der Waals surface area contributed by atoms with Crippen LogP contribution in [0.25, 0.3) is 0 Å². The average molecular weight is 274 g/mol. The number of carbonyl (C=O) groups is 2. The lowest BCUT2D eigenvalue weighted by Gasteiger charge is -2.42. The second-order valence-corrected chi connectivity index (χ2v) is 5.35. The molecule has 0 radical (unpaired) electrons. The van der Waals surface area contributed by atoms with Gasteiger partial charge in [-0.25, -0.2) is 9.59 Å². The number of carboxylic acid groups (broad SMARTS) is 1. The van der Waals surface area contributed by atoms with E-state index in [2.05, 4.69) is 0 Å². The monoisotopic (exact) mass is 274 g/mol. The van der Waals surface area contributed by atoms with Gasteiger partial charge in [-0.1, -0.05) is 0 Å². The Morgan fingerprint density at radius 3 is 2.53 bits per heavy atom. The lowest BCUT2D eigenvalue weighted by molar-refractivity contribution is -0.147. The van der Waals surface area contributed by atoms with Crippen LogP contribution in [0.5, 0.6) is 0 Å². The van der Waals surface area contributed by atoms with Crippen molar-refractivity contribution in [2.45, 2.75) is 38.5 Å². The van der Waals surface area contributed by atoms with Gasteiger partial charge in [0.2, 0.25) is 0 Å². The Morgan fingerprint density at radius 2 is 2.05 bits per heavy atom. The molecule has 0 bridgehead atoms. The maximum absolute atomic E-state index is 12.4. The zero-order valence-corrected chi connectivity index (χ0v) is 11.8. The molecule has 1 aliphatic heterocycles. The number of rotatable bonds is 3. The molecule has 2 N–H and O–H groups in total. The number of nitrogens with zero attached hydrogens (tertiary/aromatic N) is 2. The van der Waals surface area contributed by atoms with Crippen LogP contribution in [-0.4, -0.2) is 76.5 Å². The Labute approximate surface area is 112 Å². The van der Waals surface area contributed by atoms with Gasteiger partial charge in [-0.2, -0.15) is 0 Å². The molecule has 2 atom stereocenters. The van der Waals surface area contributed by atoms with Crippen LogP contribution in [0.1, 0.15) is 20.8 Å². The van der Waals surface area contributed by atoms with Gasteiger partial charge >= 0.3 is 12.0 Å². The minimum atomic E-state index is -1.29. The molecule has 1 fully saturated rings. The Bertz CT molecular complexity index is 358. The van der Waals surface area contributed by atoms with Crippen molar-refractivity contribution in [1.82, 2.24) is 9.80 Å². The third-order valence-corrected chi connectivity index (χ3v) is 3.60. The second-order valence-electron chi connectivity index (χ2n) is 5.35. The number of urea groups is 1. The molecule has 110 valence electrons. The molecule has 0 aliphatic carbocycles. The highest BCUT2D eigenvalue weighted by atomic mass is 16.5. The summed E-state index contributed by atoms with van der Waals surface area (Å²) in [5.74, 6) is -1.07. The van der Waals surface area contributed by atoms with Crippen LogP contribution in [0.3, 0.4) is 0 Å². The number of morpholine rings is 1. The predicted octanol–water partition coefficient (Wildman–Crippen LogP) is -0.0170. The molecule has 19 heavy (non-hydrogen) atoms. The largest absolute Gasteiger partial charge is 0.480 e. The number of carbonyl (C=O) groups excluding carboxylic acids is 1. The van der Waals surface area contributed by atoms with Crippen molar-refractivity contribution in [3.05, 3.63) is 0 Å². The van der Waals surface area contributed by atoms with Crippen molar-refractivity contribution < 1.29 is 24.5 Å². The number of carboxylic acids is 1. The fourth-order valence-corrected chi connectivity index (χ4v) is 1.77. The van der Waals surface area contributed by atoms with Crippen LogP contribution in [0, 0.1) is 0 Å². The minimum absolute atomic E-state index is 0.151. The van der Waals surface area contributed by atoms with E-state index in [0.29, 0.717) is 6.61 Å². The molecule has 0 saturated carbocycles. The van der Waals surface area contributed by atoms with Crippen molar-refractivity contribution in [1.29, 1.82) is 0 Å². The number of amides is 2. The van der Waals surface area contributed by atoms with E-state index < -0.39 is 17.6 Å². The number of aliphatic carboxylic acids is 1. The van der Waals surface area contributed by atoms with Crippen molar-refractivity contribution in [3.8, 4) is 0 Å². The molecule has 1 aliphatic rings. The number of aliphatic hydroxyl groups excluding tert-OH is 1. The Balaban J connectivity index is 2.83. The van der Waals surface area contributed by atoms with Crippen LogP contribution in [0.15, 0.2) is 0 Å². The summed E-state index contributed by atoms with van der Waals surface area (Å²) in [4.78, 5) is 26.3. The molecule has 2 amide bonds. The third kappa shape index (κ3) is 3.16. The van der Waals surface area contributed by atoms with Gasteiger partial charge in [0.1, 0.15) is 5.54 Å². The lowest BCUT2D eigenvalue weighted by Crippen LogP contribution is -2.60. The quantitative estimate of drug-likeness (QED) is 0.755. The second kappa shape index (κ2) is 5.75. The lowest BCUT2D eigenvalue weighted by atomic mass is 10.0. The summed E-state index contributed by atoms with van der Waals surface area (Å²) in [5, 5.41) is 18.2. The van der Waals surface area contributed by atoms with Gasteiger partial charge in [-0.15, -0.1) is 0 Å². The van der Waals surface area contributed by atoms with E-state index in [0.717, 1.165) is 0 Å². The maximum Gasteiger partial charge on any atom is 0.329 e. The van der Waals surface area contributed by atoms with E-state index in [1.165, 1.54) is 30.7 Å². The normalized spacial score (nSPS) is 24.2. The fraction of sp³-hybridized carbons (Fsp3) is 0.833. The number of aliphatic hydroxyl groups is 1. The van der Waals surface area contributed by atoms with Crippen LogP contribution in [0.2, 0.25) is 0 Å². The van der Waals surface area contributed by atoms with Gasteiger partial charge < -0.3 is 24.7 Å². The highest BCUT2D eigenvalue weighted by molar-refractivity contribution is 5.85. The number of hydrogen-bond acceptors (Lipinski definition) is 4. The summed E-state index contributed by atoms with van der Waals surface area (Å²) in [6.07, 6.45) is -0.415. The SMILES string of the molecule is CC1COC(CO)CN1C(=O)N(C)C(C)(C)C(=O)O. The summed E-state index contributed by atoms with van der Waals surface area (Å²) in [6, 6.07) is -0.524. The minimum Gasteiger partial charge on any atom is -0.480 e. The van der Waals surface area contributed by atoms with E-state index in [-0.39, 0.29) is 25.2 Å². The van der Waals surface area contributed by atoms with E-state index in [9.17, 15) is 9.59 Å². The van der Waals surface area contributed by atoms with E-state index >= 15 is 0 Å². The Hall–Kier alpha value is -1.34. The molecule has 7 heteroatoms. The van der Waals surface area contributed by atoms with Crippen LogP contribution >= 0.6 is 0 Å². The first-order valence-corrected chi connectivity index (χ1v) is 6.22. The number of hydrogen-bond donors (Lipinski definition) is 2. The first kappa shape index (κ1) is 15.7. The molecule has 7 nitrogen and oxygen atoms in total. The van der Waals surface area contributed by atoms with Gasteiger partial charge in [0, 0.05) is 7.05 Å². The van der Waals surface area contributed by atoms with Crippen molar-refractivity contribution in [2.24, 2.45) is 0 Å². The summed E-state index contributed by atoms with van der Waals surface area (Å²) in [6.45, 7) is 5.20. The van der Waals surface area contributed by atoms with Gasteiger partial charge in [-0.05, 0) is 20.8 Å². The van der Waals surface area contributed by atoms with Crippen LogP contribution in [0.4, 0.5) is 4.79 Å². The number of likely N-dealkylation sites (N-methyl/N-ethyl adjacent to an activating group) is 1. The summed E-state index contributed by atoms with van der Waals surface area (Å²) >= 11 is 0. The third-order valence-electron chi connectivity index (χ3n) is 3.60. The topological polar surface area (TPSA) is 90.3 Å². The van der Waals surface area contributed by atoms with Crippen LogP contribution in [-0.2, 0) is 9.53 Å². The predicted molar refractivity (Wildman–Crippen MR) is 67.9 cm³/mol. The van der Waals surface area contributed by atoms with Gasteiger partial charge in [0.15, 0.2) is 0 Å². The molecule has 0 spiro atoms. The average Bonchev–Trinajstić information content (AvgIpc) is 2.37. The summed E-state index contributed by atoms with van der Waals surface area (Å²) < 4.78 is 5.35. The fourth-order valence-electron chi connectivity index (χ4n) is 1.77. The zero-order chi connectivity index (χ0) is 14.8. The molecule has 1 heterocycles. The van der Waals surface area contributed by atoms with Gasteiger partial charge in [0.25, 0.3) is 0 Å². The molecule has 1 saturated heterocycles. The zero-order valence-electron chi connectivity index (χ0n) is 11.8. The Morgan fingerprint density at radius 1 is 1.47 bits per heavy atom. The number of ether oxygens (including phenoxy) is 1. The smallest absolute Gasteiger partial charge is 0.329 e. The standard InChI is InChI=1S/C12H22N2O5/c1-8-7-19-9(6-15)5-14(8)11(18)13(4)12(2,3)10(16)17/h8-9,15H,5-7H2,1-4H3,(H,16,17). The van der Waals surface area contributed by atoms with Crippen LogP contribution < -0.4 is 0 Å². The molecule has 0 aromatic heterocycles. The van der Waals surface area contributed by atoms with Crippen molar-refractivity contribution in [2.75, 3.05) is 26.8 Å². The molecule has 0 aromatic rings. The molecular weight excluding hydrogens is 252 g/mol. The van der Waals surface area contributed by atoms with Crippen molar-refractivity contribution >= 4 is 12.0 Å². The highest BCUT2D eigenvalue weighted by Crippen LogP contribution is 2.19. The highest BCUT2D eigenvalue weighted by Gasteiger charge is 2.39. The van der Waals surface area contributed by atoms with Gasteiger partial charge in [-0.3, -0.25) is 0 Å². The van der Waals surface area contributed by atoms with Crippen molar-refractivity contribution in [3.63, 3.8) is 0 Å². The summed E-state index contributed by atoms with van der Waals surface area (Å²) in [7, 11) is 1.46. The van der Waals surface area contributed by atoms with E-state index in [4.69, 9.17) is 14.9 Å². The maximum atomic E-state index is 12.4. The van der Waals surface area contributed by atoms with E-state index in [1.54, 1.807) is 0 Å². The molecule has 1 rings (SSSR count). The molecule has 2 unspecified atom stereocenters. The molecular formula is C12H22N2O5. The Kier molecular flexibility index (Phi) is 4.75. The summed E-state index contributed by atoms with van der Waals surface area (Å²) in [5.41, 5.74) is -1.29. The molecule has 0 aromatic carbocycles. The first-order chi connectivity index (χ1) is 8.71. The van der Waals surface area contributed by atoms with E-state index in [1.807, 2.05) is 6.92 Å². The van der Waals surface area contributed by atoms with Gasteiger partial charge in [0.05, 0.1) is 31.9 Å². The first-order valence-electron chi connectivity index (χ1n) is 6.22.